The SMILES string of the molecule is CC(C)CNS(=O)(=O)Nc1ccc(F)cc1O. The lowest BCUT2D eigenvalue weighted by Gasteiger charge is -2.11. The molecule has 7 heteroatoms. The lowest BCUT2D eigenvalue weighted by atomic mass is 10.2. The monoisotopic (exact) mass is 262 g/mol. The van der Waals surface area contributed by atoms with E-state index >= 15 is 0 Å². The quantitative estimate of drug-likeness (QED) is 0.702. The predicted octanol–water partition coefficient (Wildman–Crippen LogP) is 1.43. The van der Waals surface area contributed by atoms with Gasteiger partial charge in [0, 0.05) is 12.6 Å². The molecule has 0 aliphatic carbocycles. The number of phenolic OH excluding ortho intramolecular Hbond substituents is 1. The maximum absolute atomic E-state index is 12.7. The summed E-state index contributed by atoms with van der Waals surface area (Å²) >= 11 is 0. The topological polar surface area (TPSA) is 78.4 Å². The largest absolute Gasteiger partial charge is 0.506 e. The zero-order chi connectivity index (χ0) is 13.1. The Hall–Kier alpha value is -1.34. The van der Waals surface area contributed by atoms with E-state index in [0.717, 1.165) is 18.2 Å². The van der Waals surface area contributed by atoms with Gasteiger partial charge in [-0.2, -0.15) is 13.1 Å². The Morgan fingerprint density at radius 2 is 2.06 bits per heavy atom. The number of halogens is 1. The number of benzene rings is 1. The molecule has 0 heterocycles. The van der Waals surface area contributed by atoms with Gasteiger partial charge in [0.15, 0.2) is 0 Å². The minimum absolute atomic E-state index is 0.0670. The van der Waals surface area contributed by atoms with E-state index in [9.17, 15) is 17.9 Å². The first kappa shape index (κ1) is 13.7. The third-order valence-corrected chi connectivity index (χ3v) is 2.92. The fourth-order valence-electron chi connectivity index (χ4n) is 1.05. The molecule has 1 aromatic rings. The summed E-state index contributed by atoms with van der Waals surface area (Å²) in [5.74, 6) is -0.936. The standard InChI is InChI=1S/C10H15FN2O3S/c1-7(2)6-12-17(15,16)13-9-4-3-8(11)5-10(9)14/h3-5,7,12-14H,6H2,1-2H3. The first-order chi connectivity index (χ1) is 7.80. The average molecular weight is 262 g/mol. The fourth-order valence-corrected chi connectivity index (χ4v) is 2.14. The number of nitrogens with one attached hydrogen (secondary N) is 2. The number of phenols is 1. The lowest BCUT2D eigenvalue weighted by Crippen LogP contribution is -2.32. The molecule has 0 saturated carbocycles. The molecule has 0 bridgehead atoms. The van der Waals surface area contributed by atoms with Gasteiger partial charge in [0.2, 0.25) is 0 Å². The van der Waals surface area contributed by atoms with Crippen molar-refractivity contribution in [2.75, 3.05) is 11.3 Å². The van der Waals surface area contributed by atoms with E-state index in [0.29, 0.717) is 0 Å². The zero-order valence-corrected chi connectivity index (χ0v) is 10.4. The summed E-state index contributed by atoms with van der Waals surface area (Å²) in [4.78, 5) is 0. The molecule has 1 aromatic carbocycles. The zero-order valence-electron chi connectivity index (χ0n) is 9.57. The summed E-state index contributed by atoms with van der Waals surface area (Å²) in [7, 11) is -3.75. The second-order valence-electron chi connectivity index (χ2n) is 4.01. The van der Waals surface area contributed by atoms with Crippen LogP contribution < -0.4 is 9.44 Å². The van der Waals surface area contributed by atoms with E-state index in [1.807, 2.05) is 13.8 Å². The van der Waals surface area contributed by atoms with Crippen molar-refractivity contribution in [2.45, 2.75) is 13.8 Å². The molecule has 0 unspecified atom stereocenters. The first-order valence-electron chi connectivity index (χ1n) is 5.06. The third kappa shape index (κ3) is 4.58. The van der Waals surface area contributed by atoms with Crippen LogP contribution in [0.3, 0.4) is 0 Å². The van der Waals surface area contributed by atoms with Crippen molar-refractivity contribution in [1.29, 1.82) is 0 Å². The molecule has 0 spiro atoms. The summed E-state index contributed by atoms with van der Waals surface area (Å²) in [6, 6.07) is 3.04. The van der Waals surface area contributed by atoms with Crippen LogP contribution in [0.2, 0.25) is 0 Å². The van der Waals surface area contributed by atoms with Crippen LogP contribution >= 0.6 is 0 Å². The minimum atomic E-state index is -3.75. The minimum Gasteiger partial charge on any atom is -0.506 e. The van der Waals surface area contributed by atoms with E-state index in [1.165, 1.54) is 0 Å². The Labute approximate surface area is 99.8 Å². The van der Waals surface area contributed by atoms with Crippen LogP contribution in [0.25, 0.3) is 0 Å². The van der Waals surface area contributed by atoms with E-state index in [-0.39, 0.29) is 18.2 Å². The maximum Gasteiger partial charge on any atom is 0.299 e. The number of aromatic hydroxyl groups is 1. The van der Waals surface area contributed by atoms with E-state index in [2.05, 4.69) is 9.44 Å². The number of anilines is 1. The molecule has 3 N–H and O–H groups in total. The van der Waals surface area contributed by atoms with Crippen molar-refractivity contribution >= 4 is 15.9 Å². The maximum atomic E-state index is 12.7. The average Bonchev–Trinajstić information content (AvgIpc) is 2.20. The molecule has 17 heavy (non-hydrogen) atoms. The molecule has 5 nitrogen and oxygen atoms in total. The summed E-state index contributed by atoms with van der Waals surface area (Å²) in [6.07, 6.45) is 0. The number of rotatable bonds is 5. The Morgan fingerprint density at radius 1 is 1.41 bits per heavy atom. The van der Waals surface area contributed by atoms with Gasteiger partial charge in [-0.1, -0.05) is 13.8 Å². The fraction of sp³-hybridized carbons (Fsp3) is 0.400. The highest BCUT2D eigenvalue weighted by Gasteiger charge is 2.12. The molecule has 0 aliphatic rings. The number of hydrogen-bond donors (Lipinski definition) is 3. The third-order valence-electron chi connectivity index (χ3n) is 1.89. The highest BCUT2D eigenvalue weighted by Crippen LogP contribution is 2.24. The number of hydrogen-bond acceptors (Lipinski definition) is 3. The molecule has 0 fully saturated rings. The van der Waals surface area contributed by atoms with Crippen LogP contribution in [-0.2, 0) is 10.2 Å². The molecular formula is C10H15FN2O3S. The lowest BCUT2D eigenvalue weighted by molar-refractivity contribution is 0.471. The van der Waals surface area contributed by atoms with Crippen LogP contribution in [-0.4, -0.2) is 20.1 Å². The molecule has 1 rings (SSSR count). The summed E-state index contributed by atoms with van der Waals surface area (Å²) in [6.45, 7) is 3.99. The van der Waals surface area contributed by atoms with E-state index in [4.69, 9.17) is 0 Å². The second kappa shape index (κ2) is 5.33. The Morgan fingerprint density at radius 3 is 2.59 bits per heavy atom. The molecule has 0 radical (unpaired) electrons. The van der Waals surface area contributed by atoms with Gasteiger partial charge in [-0.3, -0.25) is 4.72 Å². The molecule has 0 amide bonds. The van der Waals surface area contributed by atoms with Crippen molar-refractivity contribution in [3.05, 3.63) is 24.0 Å². The molecule has 0 aromatic heterocycles. The van der Waals surface area contributed by atoms with Crippen LogP contribution in [0.1, 0.15) is 13.8 Å². The smallest absolute Gasteiger partial charge is 0.299 e. The van der Waals surface area contributed by atoms with Crippen molar-refractivity contribution in [3.63, 3.8) is 0 Å². The summed E-state index contributed by atoms with van der Waals surface area (Å²) in [5, 5.41) is 9.34. The Balaban J connectivity index is 2.76. The van der Waals surface area contributed by atoms with Crippen molar-refractivity contribution in [1.82, 2.24) is 4.72 Å². The van der Waals surface area contributed by atoms with Crippen molar-refractivity contribution < 1.29 is 17.9 Å². The van der Waals surface area contributed by atoms with E-state index in [1.54, 1.807) is 0 Å². The summed E-state index contributed by atoms with van der Waals surface area (Å²) in [5.41, 5.74) is -0.0670. The molecular weight excluding hydrogens is 247 g/mol. The molecule has 96 valence electrons. The highest BCUT2D eigenvalue weighted by atomic mass is 32.2. The van der Waals surface area contributed by atoms with Gasteiger partial charge in [0.1, 0.15) is 11.6 Å². The summed E-state index contributed by atoms with van der Waals surface area (Å²) < 4.78 is 40.1. The van der Waals surface area contributed by atoms with Gasteiger partial charge >= 0.3 is 0 Å². The van der Waals surface area contributed by atoms with Gasteiger partial charge in [0.25, 0.3) is 10.2 Å². The predicted molar refractivity (Wildman–Crippen MR) is 63.4 cm³/mol. The Kier molecular flexibility index (Phi) is 4.30. The van der Waals surface area contributed by atoms with Gasteiger partial charge in [-0.25, -0.2) is 4.39 Å². The van der Waals surface area contributed by atoms with Crippen LogP contribution in [0.5, 0.6) is 5.75 Å². The van der Waals surface area contributed by atoms with Gasteiger partial charge in [0.05, 0.1) is 5.69 Å². The van der Waals surface area contributed by atoms with Crippen molar-refractivity contribution in [3.8, 4) is 5.75 Å². The van der Waals surface area contributed by atoms with Gasteiger partial charge < -0.3 is 5.11 Å². The highest BCUT2D eigenvalue weighted by molar-refractivity contribution is 7.90. The second-order valence-corrected chi connectivity index (χ2v) is 5.51. The first-order valence-corrected chi connectivity index (χ1v) is 6.54. The Bertz CT molecular complexity index is 488. The van der Waals surface area contributed by atoms with Crippen LogP contribution in [0.15, 0.2) is 18.2 Å². The van der Waals surface area contributed by atoms with Crippen molar-refractivity contribution in [2.24, 2.45) is 5.92 Å². The van der Waals surface area contributed by atoms with E-state index < -0.39 is 21.8 Å². The van der Waals surface area contributed by atoms with Crippen LogP contribution in [0, 0.1) is 11.7 Å². The van der Waals surface area contributed by atoms with Crippen LogP contribution in [0.4, 0.5) is 10.1 Å². The van der Waals surface area contributed by atoms with Gasteiger partial charge in [-0.05, 0) is 18.1 Å². The normalized spacial score (nSPS) is 11.8. The molecule has 0 atom stereocenters. The van der Waals surface area contributed by atoms with Gasteiger partial charge in [-0.15, -0.1) is 0 Å². The molecule has 0 aliphatic heterocycles. The molecule has 0 saturated heterocycles.